The number of aliphatic carboxylic acids is 1. The van der Waals surface area contributed by atoms with Gasteiger partial charge in [0.05, 0.1) is 0 Å². The molecule has 1 saturated carbocycles. The van der Waals surface area contributed by atoms with E-state index < -0.39 is 18.1 Å². The molecule has 0 aliphatic heterocycles. The lowest BCUT2D eigenvalue weighted by Gasteiger charge is -2.26. The van der Waals surface area contributed by atoms with Gasteiger partial charge in [-0.15, -0.1) is 0 Å². The monoisotopic (exact) mass is 345 g/mol. The van der Waals surface area contributed by atoms with Crippen molar-refractivity contribution < 1.29 is 24.0 Å². The minimum absolute atomic E-state index is 0.287. The minimum atomic E-state index is -1.08. The second-order valence-electron chi connectivity index (χ2n) is 6.09. The van der Waals surface area contributed by atoms with E-state index in [1.807, 2.05) is 0 Å². The molecule has 1 aromatic heterocycles. The van der Waals surface area contributed by atoms with Gasteiger partial charge in [-0.2, -0.15) is 4.98 Å². The topological polar surface area (TPSA) is 115 Å². The van der Waals surface area contributed by atoms with Gasteiger partial charge < -0.3 is 19.7 Å². The van der Waals surface area contributed by atoms with Crippen molar-refractivity contribution in [3.63, 3.8) is 0 Å². The van der Waals surface area contributed by atoms with Crippen LogP contribution in [0.25, 0.3) is 0 Å². The number of ether oxygens (including phenoxy) is 1. The molecule has 1 heterocycles. The summed E-state index contributed by atoms with van der Waals surface area (Å²) in [4.78, 5) is 27.6. The Morgan fingerprint density at radius 3 is 2.76 bits per heavy atom. The van der Waals surface area contributed by atoms with Crippen LogP contribution < -0.4 is 10.1 Å². The fraction of sp³-hybridized carbons (Fsp3) is 0.412. The molecular weight excluding hydrogens is 326 g/mol. The Morgan fingerprint density at radius 1 is 1.36 bits per heavy atom. The predicted octanol–water partition coefficient (Wildman–Crippen LogP) is 2.04. The molecule has 3 rings (SSSR count). The highest BCUT2D eigenvalue weighted by molar-refractivity contribution is 5.95. The van der Waals surface area contributed by atoms with Crippen molar-refractivity contribution in [2.24, 2.45) is 0 Å². The van der Waals surface area contributed by atoms with Crippen molar-refractivity contribution in [1.29, 1.82) is 0 Å². The third kappa shape index (κ3) is 3.78. The first-order valence-corrected chi connectivity index (χ1v) is 8.06. The lowest BCUT2D eigenvalue weighted by Crippen LogP contribution is -2.44. The summed E-state index contributed by atoms with van der Waals surface area (Å²) in [5.74, 6) is -0.0861. The van der Waals surface area contributed by atoms with Crippen molar-refractivity contribution in [1.82, 2.24) is 15.5 Å². The molecule has 132 valence electrons. The number of hydrogen-bond acceptors (Lipinski definition) is 6. The number of benzene rings is 1. The van der Waals surface area contributed by atoms with Gasteiger partial charge >= 0.3 is 5.97 Å². The normalized spacial score (nSPS) is 15.7. The minimum Gasteiger partial charge on any atom is -0.482 e. The second-order valence-corrected chi connectivity index (χ2v) is 6.09. The number of carbonyl (C=O) groups excluding carboxylic acids is 1. The number of amides is 1. The van der Waals surface area contributed by atoms with Gasteiger partial charge in [0, 0.05) is 12.5 Å². The molecule has 0 bridgehead atoms. The number of nitrogens with zero attached hydrogens (tertiary/aromatic N) is 2. The highest BCUT2D eigenvalue weighted by Gasteiger charge is 2.41. The van der Waals surface area contributed by atoms with Gasteiger partial charge in [-0.25, -0.2) is 4.79 Å². The highest BCUT2D eigenvalue weighted by Crippen LogP contribution is 2.37. The maximum atomic E-state index is 12.7. The molecule has 1 amide bonds. The van der Waals surface area contributed by atoms with Gasteiger partial charge in [-0.3, -0.25) is 4.79 Å². The van der Waals surface area contributed by atoms with Crippen LogP contribution in [0.4, 0.5) is 0 Å². The van der Waals surface area contributed by atoms with Crippen LogP contribution in [0.5, 0.6) is 5.75 Å². The van der Waals surface area contributed by atoms with E-state index in [0.717, 1.165) is 25.7 Å². The standard InChI is InChI=1S/C17H19N3O5/c1-11-18-16(20-25-11)17(7-2-3-8-17)19-15(23)12-5-4-6-13(9-12)24-10-14(21)22/h4-6,9H,2-3,7-8,10H2,1H3,(H,19,23)(H,21,22). The molecule has 2 N–H and O–H groups in total. The van der Waals surface area contributed by atoms with Gasteiger partial charge in [-0.05, 0) is 31.0 Å². The maximum absolute atomic E-state index is 12.7. The molecule has 0 saturated heterocycles. The maximum Gasteiger partial charge on any atom is 0.341 e. The van der Waals surface area contributed by atoms with E-state index in [1.165, 1.54) is 6.07 Å². The molecule has 0 atom stereocenters. The number of nitrogens with one attached hydrogen (secondary N) is 1. The van der Waals surface area contributed by atoms with E-state index in [0.29, 0.717) is 23.0 Å². The molecular formula is C17H19N3O5. The lowest BCUT2D eigenvalue weighted by atomic mass is 9.96. The largest absolute Gasteiger partial charge is 0.482 e. The SMILES string of the molecule is Cc1nc(C2(NC(=O)c3cccc(OCC(=O)O)c3)CCCC2)no1. The molecule has 0 unspecified atom stereocenters. The van der Waals surface area contributed by atoms with Crippen LogP contribution in [-0.2, 0) is 10.3 Å². The second kappa shape index (κ2) is 6.92. The van der Waals surface area contributed by atoms with E-state index in [9.17, 15) is 9.59 Å². The van der Waals surface area contributed by atoms with Crippen LogP contribution in [0, 0.1) is 6.92 Å². The lowest BCUT2D eigenvalue weighted by molar-refractivity contribution is -0.139. The fourth-order valence-electron chi connectivity index (χ4n) is 3.04. The molecule has 1 aliphatic carbocycles. The number of carbonyl (C=O) groups is 2. The van der Waals surface area contributed by atoms with E-state index in [1.54, 1.807) is 25.1 Å². The summed E-state index contributed by atoms with van der Waals surface area (Å²) >= 11 is 0. The van der Waals surface area contributed by atoms with E-state index in [-0.39, 0.29) is 5.91 Å². The third-order valence-corrected chi connectivity index (χ3v) is 4.22. The zero-order valence-electron chi connectivity index (χ0n) is 13.8. The Kier molecular flexibility index (Phi) is 4.69. The first-order valence-electron chi connectivity index (χ1n) is 8.06. The van der Waals surface area contributed by atoms with Crippen LogP contribution in [0.1, 0.15) is 47.8 Å². The molecule has 2 aromatic rings. The van der Waals surface area contributed by atoms with E-state index in [2.05, 4.69) is 15.5 Å². The molecule has 1 aliphatic rings. The molecule has 25 heavy (non-hydrogen) atoms. The van der Waals surface area contributed by atoms with Gasteiger partial charge in [0.25, 0.3) is 5.91 Å². The van der Waals surface area contributed by atoms with Gasteiger partial charge in [0.1, 0.15) is 11.3 Å². The van der Waals surface area contributed by atoms with E-state index >= 15 is 0 Å². The Morgan fingerprint density at radius 2 is 2.12 bits per heavy atom. The summed E-state index contributed by atoms with van der Waals surface area (Å²) in [6.07, 6.45) is 3.42. The zero-order chi connectivity index (χ0) is 17.9. The van der Waals surface area contributed by atoms with Crippen LogP contribution in [0.2, 0.25) is 0 Å². The average molecular weight is 345 g/mol. The van der Waals surface area contributed by atoms with Crippen LogP contribution in [-0.4, -0.2) is 33.7 Å². The summed E-state index contributed by atoms with van der Waals surface area (Å²) in [7, 11) is 0. The summed E-state index contributed by atoms with van der Waals surface area (Å²) in [5.41, 5.74) is -0.248. The summed E-state index contributed by atoms with van der Waals surface area (Å²) < 4.78 is 10.2. The van der Waals surface area contributed by atoms with Gasteiger partial charge in [-0.1, -0.05) is 24.1 Å². The quantitative estimate of drug-likeness (QED) is 0.823. The average Bonchev–Trinajstić information content (AvgIpc) is 3.23. The molecule has 1 aromatic carbocycles. The Hall–Kier alpha value is -2.90. The summed E-state index contributed by atoms with van der Waals surface area (Å²) in [6.45, 7) is 1.25. The summed E-state index contributed by atoms with van der Waals surface area (Å²) in [6, 6.07) is 6.41. The van der Waals surface area contributed by atoms with Gasteiger partial charge in [0.15, 0.2) is 12.4 Å². The van der Waals surface area contributed by atoms with Crippen LogP contribution in [0.3, 0.4) is 0 Å². The number of carboxylic acids is 1. The molecule has 1 fully saturated rings. The molecule has 0 radical (unpaired) electrons. The molecule has 8 heteroatoms. The first kappa shape index (κ1) is 16.9. The number of carboxylic acid groups (broad SMARTS) is 1. The number of aryl methyl sites for hydroxylation is 1. The number of rotatable bonds is 6. The van der Waals surface area contributed by atoms with Crippen molar-refractivity contribution in [2.45, 2.75) is 38.1 Å². The van der Waals surface area contributed by atoms with Crippen molar-refractivity contribution in [2.75, 3.05) is 6.61 Å². The van der Waals surface area contributed by atoms with Crippen molar-refractivity contribution in [3.8, 4) is 5.75 Å². The van der Waals surface area contributed by atoms with Gasteiger partial charge in [0.2, 0.25) is 5.89 Å². The zero-order valence-corrected chi connectivity index (χ0v) is 13.8. The number of hydrogen-bond donors (Lipinski definition) is 2. The van der Waals surface area contributed by atoms with Crippen molar-refractivity contribution in [3.05, 3.63) is 41.5 Å². The number of aromatic nitrogens is 2. The Balaban J connectivity index is 1.78. The first-order chi connectivity index (χ1) is 12.0. The molecule has 8 nitrogen and oxygen atoms in total. The predicted molar refractivity (Wildman–Crippen MR) is 86.2 cm³/mol. The molecule has 0 spiro atoms. The van der Waals surface area contributed by atoms with Crippen molar-refractivity contribution >= 4 is 11.9 Å². The fourth-order valence-corrected chi connectivity index (χ4v) is 3.04. The van der Waals surface area contributed by atoms with E-state index in [4.69, 9.17) is 14.4 Å². The Bertz CT molecular complexity index is 780. The Labute approximate surface area is 144 Å². The van der Waals surface area contributed by atoms with Crippen LogP contribution in [0.15, 0.2) is 28.8 Å². The summed E-state index contributed by atoms with van der Waals surface area (Å²) in [5, 5.41) is 15.7. The highest BCUT2D eigenvalue weighted by atomic mass is 16.5. The third-order valence-electron chi connectivity index (χ3n) is 4.22. The van der Waals surface area contributed by atoms with Crippen LogP contribution >= 0.6 is 0 Å². The smallest absolute Gasteiger partial charge is 0.341 e.